The van der Waals surface area contributed by atoms with Crippen molar-refractivity contribution in [3.8, 4) is 5.75 Å². The van der Waals surface area contributed by atoms with Crippen LogP contribution in [-0.4, -0.2) is 25.5 Å². The first-order chi connectivity index (χ1) is 12.1. The zero-order valence-corrected chi connectivity index (χ0v) is 14.0. The van der Waals surface area contributed by atoms with Crippen molar-refractivity contribution in [1.82, 2.24) is 5.32 Å². The van der Waals surface area contributed by atoms with Crippen LogP contribution >= 0.6 is 0 Å². The maximum atomic E-state index is 12.0. The number of hydrogen-bond donors (Lipinski definition) is 2. The summed E-state index contributed by atoms with van der Waals surface area (Å²) in [6, 6.07) is 13.1. The molecule has 1 heterocycles. The van der Waals surface area contributed by atoms with E-state index in [-0.39, 0.29) is 11.8 Å². The number of fused-ring (bicyclic) bond motifs is 1. The van der Waals surface area contributed by atoms with Crippen LogP contribution in [0, 0.1) is 0 Å². The lowest BCUT2D eigenvalue weighted by Gasteiger charge is -2.04. The van der Waals surface area contributed by atoms with Gasteiger partial charge in [0.15, 0.2) is 0 Å². The molecular weight excluding hydrogens is 316 g/mol. The summed E-state index contributed by atoms with van der Waals surface area (Å²) in [5.41, 5.74) is 3.74. The molecule has 1 aliphatic rings. The minimum Gasteiger partial charge on any atom is -0.493 e. The van der Waals surface area contributed by atoms with Crippen LogP contribution in [0.5, 0.6) is 5.75 Å². The van der Waals surface area contributed by atoms with Gasteiger partial charge in [-0.1, -0.05) is 18.2 Å². The van der Waals surface area contributed by atoms with Gasteiger partial charge in [-0.3, -0.25) is 9.59 Å². The molecule has 5 heteroatoms. The van der Waals surface area contributed by atoms with Gasteiger partial charge in [0.1, 0.15) is 5.75 Å². The maximum absolute atomic E-state index is 12.0. The van der Waals surface area contributed by atoms with Gasteiger partial charge < -0.3 is 15.4 Å². The highest BCUT2D eigenvalue weighted by Gasteiger charge is 2.11. The molecule has 0 aliphatic carbocycles. The van der Waals surface area contributed by atoms with E-state index in [4.69, 9.17) is 4.74 Å². The number of carbonyl (C=O) groups is 2. The minimum atomic E-state index is -0.198. The third kappa shape index (κ3) is 4.47. The van der Waals surface area contributed by atoms with Crippen molar-refractivity contribution in [2.75, 3.05) is 19.0 Å². The molecule has 0 bridgehead atoms. The van der Waals surface area contributed by atoms with Crippen molar-refractivity contribution < 1.29 is 14.3 Å². The summed E-state index contributed by atoms with van der Waals surface area (Å²) in [6.45, 7) is 0.721. The smallest absolute Gasteiger partial charge is 0.248 e. The molecule has 2 amide bonds. The van der Waals surface area contributed by atoms with Gasteiger partial charge in [-0.05, 0) is 47.0 Å². The van der Waals surface area contributed by atoms with Crippen LogP contribution in [-0.2, 0) is 22.4 Å². The predicted molar refractivity (Wildman–Crippen MR) is 97.5 cm³/mol. The van der Waals surface area contributed by atoms with E-state index in [1.165, 1.54) is 11.6 Å². The predicted octanol–water partition coefficient (Wildman–Crippen LogP) is 2.56. The lowest BCUT2D eigenvalue weighted by molar-refractivity contribution is -0.120. The SMILES string of the molecule is CNC(=O)Cc1ccc(NC(=O)/C=C/c2ccc3c(c2)CCO3)cc1. The highest BCUT2D eigenvalue weighted by molar-refractivity contribution is 6.01. The van der Waals surface area contributed by atoms with Crippen LogP contribution < -0.4 is 15.4 Å². The lowest BCUT2D eigenvalue weighted by Crippen LogP contribution is -2.19. The average molecular weight is 336 g/mol. The van der Waals surface area contributed by atoms with Gasteiger partial charge in [0.25, 0.3) is 0 Å². The van der Waals surface area contributed by atoms with Gasteiger partial charge in [-0.25, -0.2) is 0 Å². The molecule has 0 saturated heterocycles. The van der Waals surface area contributed by atoms with Crippen molar-refractivity contribution in [3.63, 3.8) is 0 Å². The van der Waals surface area contributed by atoms with E-state index < -0.39 is 0 Å². The molecule has 2 N–H and O–H groups in total. The quantitative estimate of drug-likeness (QED) is 0.825. The fourth-order valence-corrected chi connectivity index (χ4v) is 2.65. The van der Waals surface area contributed by atoms with Crippen molar-refractivity contribution in [3.05, 3.63) is 65.2 Å². The number of benzene rings is 2. The Bertz CT molecular complexity index is 810. The Balaban J connectivity index is 1.57. The molecule has 0 radical (unpaired) electrons. The Morgan fingerprint density at radius 3 is 2.72 bits per heavy atom. The molecule has 5 nitrogen and oxygen atoms in total. The Kier molecular flexibility index (Phi) is 5.14. The van der Waals surface area contributed by atoms with E-state index >= 15 is 0 Å². The number of likely N-dealkylation sites (N-methyl/N-ethyl adjacent to an activating group) is 1. The highest BCUT2D eigenvalue weighted by atomic mass is 16.5. The Labute approximate surface area is 146 Å². The molecule has 128 valence electrons. The number of rotatable bonds is 5. The van der Waals surface area contributed by atoms with Crippen molar-refractivity contribution in [2.24, 2.45) is 0 Å². The third-order valence-electron chi connectivity index (χ3n) is 4.01. The monoisotopic (exact) mass is 336 g/mol. The van der Waals surface area contributed by atoms with Crippen LogP contribution in [0.15, 0.2) is 48.5 Å². The summed E-state index contributed by atoms with van der Waals surface area (Å²) < 4.78 is 5.47. The van der Waals surface area contributed by atoms with Gasteiger partial charge in [0.05, 0.1) is 13.0 Å². The Hall–Kier alpha value is -3.08. The second-order valence-electron chi connectivity index (χ2n) is 5.84. The molecule has 0 spiro atoms. The normalized spacial score (nSPS) is 12.5. The van der Waals surface area contributed by atoms with Gasteiger partial charge in [0, 0.05) is 25.2 Å². The number of amides is 2. The standard InChI is InChI=1S/C20H20N2O3/c1-21-20(24)13-15-2-6-17(7-3-15)22-19(23)9-5-14-4-8-18-16(12-14)10-11-25-18/h2-9,12H,10-11,13H2,1H3,(H,21,24)(H,22,23)/b9-5+. The summed E-state index contributed by atoms with van der Waals surface area (Å²) in [7, 11) is 1.61. The summed E-state index contributed by atoms with van der Waals surface area (Å²) in [5, 5.41) is 5.39. The van der Waals surface area contributed by atoms with Crippen LogP contribution in [0.3, 0.4) is 0 Å². The molecular formula is C20H20N2O3. The Morgan fingerprint density at radius 1 is 1.16 bits per heavy atom. The summed E-state index contributed by atoms with van der Waals surface area (Å²) in [4.78, 5) is 23.4. The molecule has 0 unspecified atom stereocenters. The number of nitrogens with one attached hydrogen (secondary N) is 2. The summed E-state index contributed by atoms with van der Waals surface area (Å²) in [6.07, 6.45) is 4.53. The van der Waals surface area contributed by atoms with E-state index in [1.807, 2.05) is 30.3 Å². The lowest BCUT2D eigenvalue weighted by atomic mass is 10.1. The summed E-state index contributed by atoms with van der Waals surface area (Å²) in [5.74, 6) is 0.689. The van der Waals surface area contributed by atoms with E-state index in [1.54, 1.807) is 25.3 Å². The molecule has 0 fully saturated rings. The zero-order valence-electron chi connectivity index (χ0n) is 14.0. The summed E-state index contributed by atoms with van der Waals surface area (Å²) >= 11 is 0. The molecule has 0 saturated carbocycles. The van der Waals surface area contributed by atoms with E-state index in [0.717, 1.165) is 29.9 Å². The maximum Gasteiger partial charge on any atom is 0.248 e. The van der Waals surface area contributed by atoms with Crippen molar-refractivity contribution in [2.45, 2.75) is 12.8 Å². The van der Waals surface area contributed by atoms with Gasteiger partial charge in [-0.2, -0.15) is 0 Å². The number of ether oxygens (including phenoxy) is 1. The molecule has 3 rings (SSSR count). The minimum absolute atomic E-state index is 0.0422. The van der Waals surface area contributed by atoms with E-state index in [2.05, 4.69) is 10.6 Å². The molecule has 2 aromatic rings. The van der Waals surface area contributed by atoms with Crippen molar-refractivity contribution >= 4 is 23.6 Å². The highest BCUT2D eigenvalue weighted by Crippen LogP contribution is 2.26. The molecule has 2 aromatic carbocycles. The fourth-order valence-electron chi connectivity index (χ4n) is 2.65. The first-order valence-electron chi connectivity index (χ1n) is 8.18. The van der Waals surface area contributed by atoms with Crippen LogP contribution in [0.25, 0.3) is 6.08 Å². The molecule has 0 aromatic heterocycles. The topological polar surface area (TPSA) is 67.4 Å². The zero-order chi connectivity index (χ0) is 17.6. The van der Waals surface area contributed by atoms with Crippen LogP contribution in [0.2, 0.25) is 0 Å². The van der Waals surface area contributed by atoms with Crippen molar-refractivity contribution in [1.29, 1.82) is 0 Å². The number of carbonyl (C=O) groups excluding carboxylic acids is 2. The van der Waals surface area contributed by atoms with Gasteiger partial charge in [0.2, 0.25) is 11.8 Å². The van der Waals surface area contributed by atoms with E-state index in [9.17, 15) is 9.59 Å². The number of anilines is 1. The largest absolute Gasteiger partial charge is 0.493 e. The molecule has 0 atom stereocenters. The average Bonchev–Trinajstić information content (AvgIpc) is 3.09. The van der Waals surface area contributed by atoms with E-state index in [0.29, 0.717) is 12.1 Å². The molecule has 1 aliphatic heterocycles. The first kappa shape index (κ1) is 16.8. The Morgan fingerprint density at radius 2 is 1.96 bits per heavy atom. The molecule has 25 heavy (non-hydrogen) atoms. The van der Waals surface area contributed by atoms with Crippen LogP contribution in [0.4, 0.5) is 5.69 Å². The second-order valence-corrected chi connectivity index (χ2v) is 5.84. The van der Waals surface area contributed by atoms with Crippen LogP contribution in [0.1, 0.15) is 16.7 Å². The fraction of sp³-hybridized carbons (Fsp3) is 0.200. The van der Waals surface area contributed by atoms with Gasteiger partial charge >= 0.3 is 0 Å². The third-order valence-corrected chi connectivity index (χ3v) is 4.01. The first-order valence-corrected chi connectivity index (χ1v) is 8.18. The second kappa shape index (κ2) is 7.66. The van der Waals surface area contributed by atoms with Gasteiger partial charge in [-0.15, -0.1) is 0 Å². The number of hydrogen-bond acceptors (Lipinski definition) is 3.